The fourth-order valence-electron chi connectivity index (χ4n) is 1.96. The molecule has 7 heteroatoms. The lowest BCUT2D eigenvalue weighted by molar-refractivity contribution is -0.141. The van der Waals surface area contributed by atoms with E-state index in [2.05, 4.69) is 32.8 Å². The smallest absolute Gasteiger partial charge is 0.340 e. The average Bonchev–Trinajstić information content (AvgIpc) is 2.32. The van der Waals surface area contributed by atoms with Gasteiger partial charge in [0.05, 0.1) is 0 Å². The second-order valence-corrected chi connectivity index (χ2v) is 5.64. The third-order valence-electron chi connectivity index (χ3n) is 3.02. The van der Waals surface area contributed by atoms with Crippen molar-refractivity contribution in [1.29, 1.82) is 0 Å². The van der Waals surface area contributed by atoms with Crippen LogP contribution in [-0.4, -0.2) is 27.9 Å². The summed E-state index contributed by atoms with van der Waals surface area (Å²) in [6, 6.07) is 0.893. The summed E-state index contributed by atoms with van der Waals surface area (Å²) in [5.41, 5.74) is -0.888. The molecule has 2 rings (SSSR count). The van der Waals surface area contributed by atoms with Crippen LogP contribution < -0.4 is 4.90 Å². The molecule has 1 aromatic heterocycles. The Morgan fingerprint density at radius 2 is 2.17 bits per heavy atom. The summed E-state index contributed by atoms with van der Waals surface area (Å²) < 4.78 is 37.7. The van der Waals surface area contributed by atoms with E-state index in [0.717, 1.165) is 18.7 Å². The van der Waals surface area contributed by atoms with Gasteiger partial charge in [0, 0.05) is 24.1 Å². The van der Waals surface area contributed by atoms with Crippen molar-refractivity contribution >= 4 is 21.9 Å². The summed E-state index contributed by atoms with van der Waals surface area (Å²) in [5, 5.41) is 0. The van der Waals surface area contributed by atoms with Gasteiger partial charge in [0.2, 0.25) is 5.95 Å². The Morgan fingerprint density at radius 3 is 2.78 bits per heavy atom. The van der Waals surface area contributed by atoms with Gasteiger partial charge in [-0.1, -0.05) is 22.9 Å². The third kappa shape index (κ3) is 2.93. The predicted molar refractivity (Wildman–Crippen MR) is 65.7 cm³/mol. The van der Waals surface area contributed by atoms with Gasteiger partial charge < -0.3 is 4.90 Å². The van der Waals surface area contributed by atoms with E-state index in [1.54, 1.807) is 4.90 Å². The highest BCUT2D eigenvalue weighted by molar-refractivity contribution is 9.09. The molecule has 0 saturated carbocycles. The molecular weight excluding hydrogens is 311 g/mol. The molecular formula is C11H13BrF3N3. The Kier molecular flexibility index (Phi) is 3.79. The predicted octanol–water partition coefficient (Wildman–Crippen LogP) is 3.11. The molecule has 1 fully saturated rings. The molecule has 18 heavy (non-hydrogen) atoms. The van der Waals surface area contributed by atoms with E-state index in [9.17, 15) is 13.2 Å². The van der Waals surface area contributed by atoms with Crippen molar-refractivity contribution in [2.75, 3.05) is 18.0 Å². The molecule has 2 heterocycles. The second kappa shape index (κ2) is 5.03. The summed E-state index contributed by atoms with van der Waals surface area (Å²) in [6.07, 6.45) is -2.38. The number of rotatable bonds is 1. The molecule has 1 aliphatic rings. The Labute approximate surface area is 112 Å². The molecule has 1 aliphatic heterocycles. The minimum atomic E-state index is -4.42. The molecule has 1 aromatic rings. The van der Waals surface area contributed by atoms with Crippen molar-refractivity contribution in [3.63, 3.8) is 0 Å². The molecule has 0 bridgehead atoms. The van der Waals surface area contributed by atoms with E-state index in [-0.39, 0.29) is 5.95 Å². The normalized spacial score (nSPS) is 25.3. The number of aromatic nitrogens is 2. The van der Waals surface area contributed by atoms with Gasteiger partial charge in [-0.15, -0.1) is 0 Å². The minimum Gasteiger partial charge on any atom is -0.340 e. The molecule has 2 unspecified atom stereocenters. The molecule has 1 saturated heterocycles. The van der Waals surface area contributed by atoms with Crippen molar-refractivity contribution < 1.29 is 13.2 Å². The minimum absolute atomic E-state index is 0.163. The first-order valence-corrected chi connectivity index (χ1v) is 6.59. The lowest BCUT2D eigenvalue weighted by atomic mass is 10.0. The zero-order valence-corrected chi connectivity index (χ0v) is 11.4. The van der Waals surface area contributed by atoms with Crippen molar-refractivity contribution in [2.24, 2.45) is 5.92 Å². The van der Waals surface area contributed by atoms with E-state index in [4.69, 9.17) is 0 Å². The van der Waals surface area contributed by atoms with E-state index in [1.165, 1.54) is 0 Å². The van der Waals surface area contributed by atoms with Crippen LogP contribution in [0.5, 0.6) is 0 Å². The van der Waals surface area contributed by atoms with Gasteiger partial charge in [-0.25, -0.2) is 9.97 Å². The maximum atomic E-state index is 12.6. The lowest BCUT2D eigenvalue weighted by Gasteiger charge is -2.34. The quantitative estimate of drug-likeness (QED) is 0.744. The van der Waals surface area contributed by atoms with Crippen LogP contribution in [0.15, 0.2) is 12.3 Å². The van der Waals surface area contributed by atoms with E-state index in [1.807, 2.05) is 0 Å². The zero-order valence-electron chi connectivity index (χ0n) is 9.78. The highest BCUT2D eigenvalue weighted by Crippen LogP contribution is 2.30. The number of anilines is 1. The summed E-state index contributed by atoms with van der Waals surface area (Å²) in [7, 11) is 0. The number of alkyl halides is 4. The third-order valence-corrected chi connectivity index (χ3v) is 4.38. The molecule has 0 N–H and O–H groups in total. The van der Waals surface area contributed by atoms with Crippen molar-refractivity contribution in [3.05, 3.63) is 18.0 Å². The second-order valence-electron chi connectivity index (χ2n) is 4.47. The first-order chi connectivity index (χ1) is 8.38. The monoisotopic (exact) mass is 323 g/mol. The summed E-state index contributed by atoms with van der Waals surface area (Å²) >= 11 is 3.55. The number of halogens is 4. The largest absolute Gasteiger partial charge is 0.433 e. The first-order valence-electron chi connectivity index (χ1n) is 5.67. The number of hydrogen-bond acceptors (Lipinski definition) is 3. The molecule has 2 atom stereocenters. The summed E-state index contributed by atoms with van der Waals surface area (Å²) in [6.45, 7) is 3.39. The van der Waals surface area contributed by atoms with Crippen LogP contribution in [0, 0.1) is 5.92 Å². The van der Waals surface area contributed by atoms with Crippen molar-refractivity contribution in [1.82, 2.24) is 9.97 Å². The zero-order chi connectivity index (χ0) is 13.3. The highest BCUT2D eigenvalue weighted by Gasteiger charge is 2.34. The molecule has 0 aromatic carbocycles. The Bertz CT molecular complexity index is 424. The van der Waals surface area contributed by atoms with Crippen LogP contribution in [0.2, 0.25) is 0 Å². The van der Waals surface area contributed by atoms with Gasteiger partial charge in [0.25, 0.3) is 0 Å². The number of piperidine rings is 1. The fraction of sp³-hybridized carbons (Fsp3) is 0.636. The van der Waals surface area contributed by atoms with Gasteiger partial charge in [0.15, 0.2) is 0 Å². The molecule has 0 amide bonds. The standard InChI is InChI=1S/C11H13BrF3N3/c1-7-6-18(5-3-8(7)12)10-16-4-2-9(17-10)11(13,14)15/h2,4,7-8H,3,5-6H2,1H3. The highest BCUT2D eigenvalue weighted by atomic mass is 79.9. The van der Waals surface area contributed by atoms with Crippen molar-refractivity contribution in [2.45, 2.75) is 24.3 Å². The van der Waals surface area contributed by atoms with Gasteiger partial charge in [-0.05, 0) is 18.4 Å². The van der Waals surface area contributed by atoms with E-state index in [0.29, 0.717) is 23.8 Å². The van der Waals surface area contributed by atoms with Crippen LogP contribution in [0.1, 0.15) is 19.0 Å². The van der Waals surface area contributed by atoms with Crippen molar-refractivity contribution in [3.8, 4) is 0 Å². The van der Waals surface area contributed by atoms with Gasteiger partial charge in [0.1, 0.15) is 5.69 Å². The number of hydrogen-bond donors (Lipinski definition) is 0. The molecule has 0 radical (unpaired) electrons. The molecule has 3 nitrogen and oxygen atoms in total. The SMILES string of the molecule is CC1CN(c2nccc(C(F)(F)F)n2)CCC1Br. The lowest BCUT2D eigenvalue weighted by Crippen LogP contribution is -2.40. The topological polar surface area (TPSA) is 29.0 Å². The maximum absolute atomic E-state index is 12.6. The van der Waals surface area contributed by atoms with Gasteiger partial charge >= 0.3 is 6.18 Å². The Balaban J connectivity index is 2.19. The van der Waals surface area contributed by atoms with Crippen LogP contribution in [-0.2, 0) is 6.18 Å². The maximum Gasteiger partial charge on any atom is 0.433 e. The van der Waals surface area contributed by atoms with E-state index < -0.39 is 11.9 Å². The van der Waals surface area contributed by atoms with Crippen LogP contribution in [0.3, 0.4) is 0 Å². The van der Waals surface area contributed by atoms with Crippen LogP contribution >= 0.6 is 15.9 Å². The van der Waals surface area contributed by atoms with Gasteiger partial charge in [-0.3, -0.25) is 0 Å². The molecule has 0 aliphatic carbocycles. The average molecular weight is 324 g/mol. The Hall–Kier alpha value is -0.850. The van der Waals surface area contributed by atoms with Crippen LogP contribution in [0.4, 0.5) is 19.1 Å². The summed E-state index contributed by atoms with van der Waals surface area (Å²) in [4.78, 5) is 9.74. The summed E-state index contributed by atoms with van der Waals surface area (Å²) in [5.74, 6) is 0.521. The van der Waals surface area contributed by atoms with Gasteiger partial charge in [-0.2, -0.15) is 13.2 Å². The first kappa shape index (κ1) is 13.6. The fourth-order valence-corrected chi connectivity index (χ4v) is 2.33. The molecule has 0 spiro atoms. The van der Waals surface area contributed by atoms with Crippen LogP contribution in [0.25, 0.3) is 0 Å². The Morgan fingerprint density at radius 1 is 1.44 bits per heavy atom. The van der Waals surface area contributed by atoms with E-state index >= 15 is 0 Å². The number of nitrogens with zero attached hydrogens (tertiary/aromatic N) is 3. The molecule has 100 valence electrons.